The Kier molecular flexibility index (Phi) is 9.46. The minimum absolute atomic E-state index is 0.0790. The summed E-state index contributed by atoms with van der Waals surface area (Å²) in [6.45, 7) is 0.326. The van der Waals surface area contributed by atoms with Gasteiger partial charge in [0.1, 0.15) is 19.6 Å². The van der Waals surface area contributed by atoms with Crippen LogP contribution in [-0.2, 0) is 0 Å². The quantitative estimate of drug-likeness (QED) is 0.214. The lowest BCUT2D eigenvalue weighted by molar-refractivity contribution is -0.929. The number of nitrogens with zero attached hydrogens (tertiary/aromatic N) is 1. The molecule has 0 aliphatic carbocycles. The average molecular weight is 282 g/mol. The van der Waals surface area contributed by atoms with E-state index in [-0.39, 0.29) is 39.6 Å². The van der Waals surface area contributed by atoms with Crippen molar-refractivity contribution in [1.82, 2.24) is 0 Å². The van der Waals surface area contributed by atoms with E-state index in [1.807, 2.05) is 0 Å². The molecule has 0 amide bonds. The lowest BCUT2D eigenvalue weighted by Crippen LogP contribution is -2.55. The second-order valence-electron chi connectivity index (χ2n) is 5.13. The number of hydrogen-bond acceptors (Lipinski definition) is 6. The number of aliphatic hydroxyl groups is 6. The molecule has 0 aliphatic heterocycles. The van der Waals surface area contributed by atoms with E-state index in [9.17, 15) is 15.3 Å². The first kappa shape index (κ1) is 18.7. The van der Waals surface area contributed by atoms with Crippen molar-refractivity contribution in [2.75, 3.05) is 65.8 Å². The maximum Gasteiger partial charge on any atom is 0.102 e. The minimum atomic E-state index is -0.968. The lowest BCUT2D eigenvalue weighted by Gasteiger charge is -2.40. The molecule has 0 fully saturated rings. The van der Waals surface area contributed by atoms with Crippen molar-refractivity contribution in [3.63, 3.8) is 0 Å². The summed E-state index contributed by atoms with van der Waals surface area (Å²) in [5.41, 5.74) is -0.968. The molecule has 0 aromatic rings. The summed E-state index contributed by atoms with van der Waals surface area (Å²) in [7, 11) is 0. The average Bonchev–Trinajstić information content (AvgIpc) is 2.42. The van der Waals surface area contributed by atoms with E-state index in [4.69, 9.17) is 15.3 Å². The molecule has 7 heteroatoms. The fourth-order valence-electron chi connectivity index (χ4n) is 2.17. The minimum Gasteiger partial charge on any atom is -0.396 e. The Morgan fingerprint density at radius 1 is 0.579 bits per heavy atom. The zero-order chi connectivity index (χ0) is 14.8. The van der Waals surface area contributed by atoms with Gasteiger partial charge in [0.2, 0.25) is 0 Å². The number of quaternary nitrogens is 1. The topological polar surface area (TPSA) is 121 Å². The molecular weight excluding hydrogens is 254 g/mol. The number of hydrogen-bond donors (Lipinski definition) is 6. The smallest absolute Gasteiger partial charge is 0.102 e. The third-order valence-corrected chi connectivity index (χ3v) is 3.85. The van der Waals surface area contributed by atoms with Gasteiger partial charge in [-0.1, -0.05) is 0 Å². The van der Waals surface area contributed by atoms with Crippen LogP contribution in [0.15, 0.2) is 0 Å². The van der Waals surface area contributed by atoms with Crippen LogP contribution >= 0.6 is 0 Å². The van der Waals surface area contributed by atoms with Gasteiger partial charge >= 0.3 is 0 Å². The Morgan fingerprint density at radius 3 is 1.21 bits per heavy atom. The van der Waals surface area contributed by atoms with Crippen molar-refractivity contribution >= 4 is 0 Å². The summed E-state index contributed by atoms with van der Waals surface area (Å²) in [6, 6.07) is 0. The number of aliphatic hydroxyl groups excluding tert-OH is 6. The van der Waals surface area contributed by atoms with Crippen LogP contribution in [0.2, 0.25) is 0 Å². The van der Waals surface area contributed by atoms with E-state index < -0.39 is 5.41 Å². The molecule has 0 radical (unpaired) electrons. The van der Waals surface area contributed by atoms with Crippen molar-refractivity contribution < 1.29 is 35.1 Å². The number of rotatable bonds is 12. The molecule has 0 aliphatic rings. The van der Waals surface area contributed by atoms with Crippen LogP contribution in [0, 0.1) is 5.41 Å². The molecule has 0 saturated carbocycles. The molecule has 0 atom stereocenters. The van der Waals surface area contributed by atoms with Crippen molar-refractivity contribution in [3.05, 3.63) is 0 Å². The molecule has 19 heavy (non-hydrogen) atoms. The van der Waals surface area contributed by atoms with Crippen LogP contribution in [0.1, 0.15) is 6.42 Å². The second-order valence-corrected chi connectivity index (χ2v) is 5.13. The molecule has 0 aromatic carbocycles. The molecular formula is C12H28NO6+. The van der Waals surface area contributed by atoms with Crippen molar-refractivity contribution in [1.29, 1.82) is 0 Å². The summed E-state index contributed by atoms with van der Waals surface area (Å²) < 4.78 is 0.297. The van der Waals surface area contributed by atoms with E-state index >= 15 is 0 Å². The highest BCUT2D eigenvalue weighted by Gasteiger charge is 2.34. The molecule has 0 heterocycles. The third-order valence-electron chi connectivity index (χ3n) is 3.85. The Morgan fingerprint density at radius 2 is 0.947 bits per heavy atom. The van der Waals surface area contributed by atoms with Gasteiger partial charge in [-0.05, 0) is 0 Å². The van der Waals surface area contributed by atoms with Crippen LogP contribution in [-0.4, -0.2) is 101 Å². The van der Waals surface area contributed by atoms with E-state index in [1.165, 1.54) is 0 Å². The lowest BCUT2D eigenvalue weighted by atomic mass is 9.86. The van der Waals surface area contributed by atoms with Gasteiger partial charge in [-0.25, -0.2) is 0 Å². The van der Waals surface area contributed by atoms with Gasteiger partial charge in [-0.15, -0.1) is 0 Å². The van der Waals surface area contributed by atoms with Crippen LogP contribution in [0.4, 0.5) is 0 Å². The summed E-state index contributed by atoms with van der Waals surface area (Å²) in [5, 5.41) is 55.3. The van der Waals surface area contributed by atoms with Gasteiger partial charge in [0.15, 0.2) is 0 Å². The predicted molar refractivity (Wildman–Crippen MR) is 69.3 cm³/mol. The molecule has 0 spiro atoms. The predicted octanol–water partition coefficient (Wildman–Crippen LogP) is -2.87. The zero-order valence-electron chi connectivity index (χ0n) is 11.4. The highest BCUT2D eigenvalue weighted by atomic mass is 16.3. The van der Waals surface area contributed by atoms with Crippen molar-refractivity contribution in [3.8, 4) is 0 Å². The van der Waals surface area contributed by atoms with Crippen LogP contribution in [0.5, 0.6) is 0 Å². The molecule has 6 N–H and O–H groups in total. The van der Waals surface area contributed by atoms with Crippen LogP contribution in [0.3, 0.4) is 0 Å². The second kappa shape index (κ2) is 9.60. The molecule has 0 saturated heterocycles. The molecule has 0 bridgehead atoms. The van der Waals surface area contributed by atoms with Gasteiger partial charge < -0.3 is 35.1 Å². The van der Waals surface area contributed by atoms with Crippen molar-refractivity contribution in [2.24, 2.45) is 5.41 Å². The van der Waals surface area contributed by atoms with E-state index in [2.05, 4.69) is 0 Å². The maximum atomic E-state index is 9.29. The van der Waals surface area contributed by atoms with E-state index in [0.29, 0.717) is 37.1 Å². The fourth-order valence-corrected chi connectivity index (χ4v) is 2.17. The Labute approximate surface area is 113 Å². The molecule has 0 aromatic heterocycles. The first-order valence-electron chi connectivity index (χ1n) is 6.58. The molecule has 7 nitrogen and oxygen atoms in total. The van der Waals surface area contributed by atoms with Crippen LogP contribution < -0.4 is 0 Å². The normalized spacial score (nSPS) is 12.9. The molecule has 116 valence electrons. The highest BCUT2D eigenvalue weighted by Crippen LogP contribution is 2.23. The van der Waals surface area contributed by atoms with Gasteiger partial charge in [0.25, 0.3) is 0 Å². The fraction of sp³-hybridized carbons (Fsp3) is 1.00. The largest absolute Gasteiger partial charge is 0.396 e. The standard InChI is InChI=1S/C12H28NO6/c14-6-3-13(4-7-15,5-8-16)2-1-12(9-17,10-18)11-19/h14-19H,1-11H2/q+1. The first-order chi connectivity index (χ1) is 9.07. The van der Waals surface area contributed by atoms with Crippen LogP contribution in [0.25, 0.3) is 0 Å². The van der Waals surface area contributed by atoms with E-state index in [0.717, 1.165) is 0 Å². The Balaban J connectivity index is 4.78. The van der Waals surface area contributed by atoms with Crippen molar-refractivity contribution in [2.45, 2.75) is 6.42 Å². The molecule has 0 unspecified atom stereocenters. The third kappa shape index (κ3) is 5.70. The van der Waals surface area contributed by atoms with Gasteiger partial charge in [0.05, 0.1) is 46.2 Å². The summed E-state index contributed by atoms with van der Waals surface area (Å²) in [4.78, 5) is 0. The summed E-state index contributed by atoms with van der Waals surface area (Å²) in [5.74, 6) is 0. The Hall–Kier alpha value is -0.280. The molecule has 0 rings (SSSR count). The summed E-state index contributed by atoms with van der Waals surface area (Å²) in [6.07, 6.45) is 0.344. The van der Waals surface area contributed by atoms with Gasteiger partial charge in [0, 0.05) is 11.8 Å². The zero-order valence-corrected chi connectivity index (χ0v) is 11.4. The van der Waals surface area contributed by atoms with Gasteiger partial charge in [-0.2, -0.15) is 0 Å². The Bertz CT molecular complexity index is 197. The SMILES string of the molecule is OCC[N+](CCO)(CCO)CCC(CO)(CO)CO. The summed E-state index contributed by atoms with van der Waals surface area (Å²) >= 11 is 0. The maximum absolute atomic E-state index is 9.29. The highest BCUT2D eigenvalue weighted by molar-refractivity contribution is 4.77. The monoisotopic (exact) mass is 282 g/mol. The van der Waals surface area contributed by atoms with Gasteiger partial charge in [-0.3, -0.25) is 0 Å². The van der Waals surface area contributed by atoms with E-state index in [1.54, 1.807) is 0 Å². The first-order valence-corrected chi connectivity index (χ1v) is 6.58.